The van der Waals surface area contributed by atoms with E-state index < -0.39 is 0 Å². The molecule has 2 N–H and O–H groups in total. The van der Waals surface area contributed by atoms with E-state index >= 15 is 0 Å². The Kier molecular flexibility index (Phi) is 6.68. The maximum Gasteiger partial charge on any atom is 0.232 e. The lowest BCUT2D eigenvalue weighted by atomic mass is 9.93. The number of rotatable bonds is 9. The van der Waals surface area contributed by atoms with Crippen molar-refractivity contribution < 1.29 is 19.3 Å². The van der Waals surface area contributed by atoms with Gasteiger partial charge in [-0.05, 0) is 44.6 Å². The van der Waals surface area contributed by atoms with Gasteiger partial charge in [0.25, 0.3) is 0 Å². The number of aliphatic hydroxyl groups is 1. The number of benzene rings is 1. The molecule has 1 aliphatic carbocycles. The quantitative estimate of drug-likeness (QED) is 0.324. The zero-order chi connectivity index (χ0) is 27.1. The second-order valence-electron chi connectivity index (χ2n) is 10.2. The summed E-state index contributed by atoms with van der Waals surface area (Å²) in [4.78, 5) is 16.8. The minimum Gasteiger partial charge on any atom is -0.493 e. The SMILES string of the molecule is COc1cc(-n2cnc(Nc3nc(N4CCC[C@H]4CO)c4c(C)cn(C5CCC5)c4n3)c2)cc(OC)c1OC. The molecule has 2 aliphatic rings. The van der Waals surface area contributed by atoms with Crippen molar-refractivity contribution in [3.05, 3.63) is 36.4 Å². The van der Waals surface area contributed by atoms with Crippen molar-refractivity contribution in [3.63, 3.8) is 0 Å². The average molecular weight is 534 g/mol. The third-order valence-corrected chi connectivity index (χ3v) is 7.94. The van der Waals surface area contributed by atoms with Crippen molar-refractivity contribution in [1.82, 2.24) is 24.1 Å². The van der Waals surface area contributed by atoms with Gasteiger partial charge in [-0.3, -0.25) is 0 Å². The first-order chi connectivity index (χ1) is 19.0. The summed E-state index contributed by atoms with van der Waals surface area (Å²) in [7, 11) is 4.77. The van der Waals surface area contributed by atoms with E-state index in [0.29, 0.717) is 35.1 Å². The van der Waals surface area contributed by atoms with Crippen LogP contribution in [0.1, 0.15) is 43.7 Å². The number of hydrogen-bond donors (Lipinski definition) is 2. The van der Waals surface area contributed by atoms with Gasteiger partial charge in [-0.15, -0.1) is 0 Å². The van der Waals surface area contributed by atoms with Gasteiger partial charge in [0.1, 0.15) is 17.8 Å². The molecule has 2 fully saturated rings. The van der Waals surface area contributed by atoms with Crippen LogP contribution in [0.15, 0.2) is 30.9 Å². The fraction of sp³-hybridized carbons (Fsp3) is 0.464. The van der Waals surface area contributed by atoms with Crippen molar-refractivity contribution in [2.45, 2.75) is 51.1 Å². The van der Waals surface area contributed by atoms with Crippen molar-refractivity contribution in [1.29, 1.82) is 0 Å². The standard InChI is InChI=1S/C28H35N7O4/c1-17-13-35(18-7-5-8-18)27-24(17)26(34-10-6-9-19(34)15-36)31-28(32-27)30-23-14-33(16-29-23)20-11-21(37-2)25(39-4)22(12-20)38-3/h11-14,16,18-19,36H,5-10,15H2,1-4H3,(H,30,31,32)/t19-/m0/s1. The van der Waals surface area contributed by atoms with Gasteiger partial charge in [0.2, 0.25) is 11.7 Å². The van der Waals surface area contributed by atoms with E-state index in [1.54, 1.807) is 27.7 Å². The fourth-order valence-electron chi connectivity index (χ4n) is 5.68. The largest absolute Gasteiger partial charge is 0.493 e. The fourth-order valence-corrected chi connectivity index (χ4v) is 5.68. The summed E-state index contributed by atoms with van der Waals surface area (Å²) in [6.45, 7) is 3.09. The van der Waals surface area contributed by atoms with Crippen LogP contribution in [0.5, 0.6) is 17.2 Å². The molecular formula is C28H35N7O4. The molecule has 4 aromatic rings. The van der Waals surface area contributed by atoms with Gasteiger partial charge in [0.15, 0.2) is 17.3 Å². The molecule has 0 bridgehead atoms. The predicted molar refractivity (Wildman–Crippen MR) is 149 cm³/mol. The molecular weight excluding hydrogens is 498 g/mol. The Morgan fingerprint density at radius 2 is 1.77 bits per heavy atom. The Labute approximate surface area is 227 Å². The summed E-state index contributed by atoms with van der Waals surface area (Å²) < 4.78 is 20.7. The molecule has 11 nitrogen and oxygen atoms in total. The number of aromatic nitrogens is 5. The molecule has 1 aromatic carbocycles. The lowest BCUT2D eigenvalue weighted by molar-refractivity contribution is 0.266. The second-order valence-corrected chi connectivity index (χ2v) is 10.2. The number of methoxy groups -OCH3 is 3. The predicted octanol–water partition coefficient (Wildman–Crippen LogP) is 4.38. The Bertz CT molecular complexity index is 1470. The normalized spacial score (nSPS) is 17.5. The molecule has 0 spiro atoms. The zero-order valence-electron chi connectivity index (χ0n) is 22.8. The molecule has 11 heteroatoms. The maximum absolute atomic E-state index is 10.1. The highest BCUT2D eigenvalue weighted by Gasteiger charge is 2.30. The molecule has 206 valence electrons. The Hall–Kier alpha value is -3.99. The summed E-state index contributed by atoms with van der Waals surface area (Å²) in [5.41, 5.74) is 2.89. The number of nitrogens with zero attached hydrogens (tertiary/aromatic N) is 6. The third kappa shape index (κ3) is 4.40. The second kappa shape index (κ2) is 10.3. The topological polar surface area (TPSA) is 112 Å². The smallest absolute Gasteiger partial charge is 0.232 e. The van der Waals surface area contributed by atoms with Crippen LogP contribution in [0.3, 0.4) is 0 Å². The minimum atomic E-state index is 0.0571. The lowest BCUT2D eigenvalue weighted by Gasteiger charge is -2.28. The number of aliphatic hydroxyl groups excluding tert-OH is 1. The van der Waals surface area contributed by atoms with Gasteiger partial charge in [-0.1, -0.05) is 0 Å². The van der Waals surface area contributed by atoms with Crippen LogP contribution < -0.4 is 24.4 Å². The van der Waals surface area contributed by atoms with Crippen LogP contribution in [-0.4, -0.2) is 69.7 Å². The number of hydrogen-bond acceptors (Lipinski definition) is 9. The van der Waals surface area contributed by atoms with Crippen LogP contribution in [0.25, 0.3) is 16.7 Å². The number of fused-ring (bicyclic) bond motifs is 1. The van der Waals surface area contributed by atoms with E-state index in [9.17, 15) is 5.11 Å². The molecule has 1 atom stereocenters. The van der Waals surface area contributed by atoms with Gasteiger partial charge in [0, 0.05) is 30.9 Å². The number of anilines is 3. The van der Waals surface area contributed by atoms with Crippen molar-refractivity contribution in [3.8, 4) is 22.9 Å². The maximum atomic E-state index is 10.1. The number of nitrogens with one attached hydrogen (secondary N) is 1. The summed E-state index contributed by atoms with van der Waals surface area (Å²) in [6, 6.07) is 4.25. The number of aryl methyl sites for hydroxylation is 1. The van der Waals surface area contributed by atoms with Gasteiger partial charge in [0.05, 0.1) is 51.2 Å². The first-order valence-electron chi connectivity index (χ1n) is 13.4. The highest BCUT2D eigenvalue weighted by molar-refractivity contribution is 5.93. The van der Waals surface area contributed by atoms with Crippen LogP contribution in [-0.2, 0) is 0 Å². The average Bonchev–Trinajstić information content (AvgIpc) is 3.66. The van der Waals surface area contributed by atoms with E-state index in [1.165, 1.54) is 6.42 Å². The monoisotopic (exact) mass is 533 g/mol. The summed E-state index contributed by atoms with van der Waals surface area (Å²) in [5.74, 6) is 3.61. The summed E-state index contributed by atoms with van der Waals surface area (Å²) in [5, 5.41) is 14.5. The van der Waals surface area contributed by atoms with Crippen LogP contribution in [0.4, 0.5) is 17.6 Å². The molecule has 39 heavy (non-hydrogen) atoms. The van der Waals surface area contributed by atoms with Crippen molar-refractivity contribution in [2.75, 3.05) is 44.7 Å². The molecule has 6 rings (SSSR count). The molecule has 1 saturated heterocycles. The van der Waals surface area contributed by atoms with Crippen LogP contribution in [0, 0.1) is 6.92 Å². The van der Waals surface area contributed by atoms with Gasteiger partial charge >= 0.3 is 0 Å². The number of imidazole rings is 1. The summed E-state index contributed by atoms with van der Waals surface area (Å²) in [6.07, 6.45) is 11.3. The molecule has 4 heterocycles. The van der Waals surface area contributed by atoms with Crippen molar-refractivity contribution in [2.24, 2.45) is 0 Å². The highest BCUT2D eigenvalue weighted by atomic mass is 16.5. The molecule has 3 aromatic heterocycles. The summed E-state index contributed by atoms with van der Waals surface area (Å²) >= 11 is 0. The van der Waals surface area contributed by atoms with Crippen molar-refractivity contribution >= 4 is 28.6 Å². The van der Waals surface area contributed by atoms with Gasteiger partial charge in [-0.2, -0.15) is 9.97 Å². The third-order valence-electron chi connectivity index (χ3n) is 7.94. The Morgan fingerprint density at radius 3 is 2.41 bits per heavy atom. The van der Waals surface area contributed by atoms with Gasteiger partial charge in [-0.25, -0.2) is 4.98 Å². The Morgan fingerprint density at radius 1 is 1.00 bits per heavy atom. The molecule has 0 amide bonds. The molecule has 0 unspecified atom stereocenters. The molecule has 0 radical (unpaired) electrons. The first-order valence-corrected chi connectivity index (χ1v) is 13.4. The first kappa shape index (κ1) is 25.3. The van der Waals surface area contributed by atoms with E-state index in [-0.39, 0.29) is 12.6 Å². The van der Waals surface area contributed by atoms with Crippen LogP contribution in [0.2, 0.25) is 0 Å². The Balaban J connectivity index is 1.38. The number of ether oxygens (including phenoxy) is 3. The van der Waals surface area contributed by atoms with E-state index in [4.69, 9.17) is 24.2 Å². The lowest BCUT2D eigenvalue weighted by Crippen LogP contribution is -2.33. The van der Waals surface area contributed by atoms with E-state index in [2.05, 4.69) is 32.9 Å². The molecule has 1 saturated carbocycles. The van der Waals surface area contributed by atoms with Crippen LogP contribution >= 0.6 is 0 Å². The van der Waals surface area contributed by atoms with E-state index in [0.717, 1.165) is 60.3 Å². The molecule has 1 aliphatic heterocycles. The highest BCUT2D eigenvalue weighted by Crippen LogP contribution is 2.41. The van der Waals surface area contributed by atoms with E-state index in [1.807, 2.05) is 22.9 Å². The minimum absolute atomic E-state index is 0.0571. The van der Waals surface area contributed by atoms with Gasteiger partial charge < -0.3 is 38.7 Å². The zero-order valence-corrected chi connectivity index (χ0v) is 22.8.